The van der Waals surface area contributed by atoms with Crippen LogP contribution in [0.5, 0.6) is 0 Å². The molecule has 0 aliphatic heterocycles. The van der Waals surface area contributed by atoms with E-state index in [0.717, 1.165) is 5.56 Å². The zero-order valence-electron chi connectivity index (χ0n) is 15.5. The van der Waals surface area contributed by atoms with E-state index in [1.807, 2.05) is 30.1 Å². The van der Waals surface area contributed by atoms with Gasteiger partial charge in [0, 0.05) is 18.6 Å². The number of aromatic nitrogens is 3. The molecule has 0 amide bonds. The van der Waals surface area contributed by atoms with Crippen molar-refractivity contribution in [1.82, 2.24) is 15.0 Å². The van der Waals surface area contributed by atoms with Crippen molar-refractivity contribution in [3.63, 3.8) is 0 Å². The molecule has 0 fully saturated rings. The number of nitrogen functional groups attached to an aromatic ring is 1. The summed E-state index contributed by atoms with van der Waals surface area (Å²) >= 11 is 6.07. The molecule has 0 atom stereocenters. The fourth-order valence-electron chi connectivity index (χ4n) is 3.25. The number of nitrogens with zero attached hydrogens (tertiary/aromatic N) is 3. The largest absolute Gasteiger partial charge is 0.384 e. The molecule has 0 saturated heterocycles. The summed E-state index contributed by atoms with van der Waals surface area (Å²) in [4.78, 5) is 13.5. The molecule has 148 valence electrons. The SMILES string of the molecule is CN(Cc1cccc(Cl)c1)c1ncnc2c(S(=O)(=O)c3ccccc3)c(N)[nH]c12. The van der Waals surface area contributed by atoms with Crippen molar-refractivity contribution in [3.05, 3.63) is 71.5 Å². The van der Waals surface area contributed by atoms with E-state index in [2.05, 4.69) is 15.0 Å². The average molecular weight is 428 g/mol. The Kier molecular flexibility index (Phi) is 4.89. The van der Waals surface area contributed by atoms with E-state index in [1.165, 1.54) is 18.5 Å². The van der Waals surface area contributed by atoms with Gasteiger partial charge in [-0.1, -0.05) is 41.9 Å². The summed E-state index contributed by atoms with van der Waals surface area (Å²) in [6.45, 7) is 0.520. The Bertz CT molecular complexity index is 1290. The number of aromatic amines is 1. The van der Waals surface area contributed by atoms with Crippen LogP contribution in [0.1, 0.15) is 5.56 Å². The number of sulfone groups is 1. The second-order valence-corrected chi connectivity index (χ2v) is 8.91. The van der Waals surface area contributed by atoms with Gasteiger partial charge in [-0.3, -0.25) is 0 Å². The minimum Gasteiger partial charge on any atom is -0.384 e. The molecule has 2 heterocycles. The van der Waals surface area contributed by atoms with E-state index in [9.17, 15) is 8.42 Å². The highest BCUT2D eigenvalue weighted by Gasteiger charge is 2.28. The van der Waals surface area contributed by atoms with E-state index in [1.54, 1.807) is 24.3 Å². The predicted molar refractivity (Wildman–Crippen MR) is 114 cm³/mol. The van der Waals surface area contributed by atoms with Crippen LogP contribution in [0.25, 0.3) is 11.0 Å². The predicted octanol–water partition coefficient (Wildman–Crippen LogP) is 3.66. The number of rotatable bonds is 5. The number of H-pyrrole nitrogens is 1. The van der Waals surface area contributed by atoms with Crippen LogP contribution < -0.4 is 10.6 Å². The maximum absolute atomic E-state index is 13.2. The van der Waals surface area contributed by atoms with Crippen molar-refractivity contribution >= 4 is 44.1 Å². The molecule has 0 aliphatic carbocycles. The highest BCUT2D eigenvalue weighted by atomic mass is 35.5. The zero-order chi connectivity index (χ0) is 20.6. The highest BCUT2D eigenvalue weighted by molar-refractivity contribution is 7.92. The van der Waals surface area contributed by atoms with Crippen LogP contribution in [-0.2, 0) is 16.4 Å². The second kappa shape index (κ2) is 7.38. The Hall–Kier alpha value is -3.10. The third kappa shape index (κ3) is 3.52. The fourth-order valence-corrected chi connectivity index (χ4v) is 4.96. The third-order valence-electron chi connectivity index (χ3n) is 4.54. The number of hydrogen-bond acceptors (Lipinski definition) is 6. The van der Waals surface area contributed by atoms with Crippen molar-refractivity contribution in [1.29, 1.82) is 0 Å². The van der Waals surface area contributed by atoms with Crippen LogP contribution in [-0.4, -0.2) is 30.4 Å². The van der Waals surface area contributed by atoms with Crippen LogP contribution in [0.2, 0.25) is 5.02 Å². The van der Waals surface area contributed by atoms with Gasteiger partial charge in [0.2, 0.25) is 9.84 Å². The molecule has 0 saturated carbocycles. The molecule has 0 spiro atoms. The van der Waals surface area contributed by atoms with E-state index in [4.69, 9.17) is 17.3 Å². The third-order valence-corrected chi connectivity index (χ3v) is 6.62. The topological polar surface area (TPSA) is 105 Å². The number of nitrogens with one attached hydrogen (secondary N) is 1. The number of hydrogen-bond donors (Lipinski definition) is 2. The molecule has 0 radical (unpaired) electrons. The number of fused-ring (bicyclic) bond motifs is 1. The first kappa shape index (κ1) is 19.2. The molecule has 0 unspecified atom stereocenters. The van der Waals surface area contributed by atoms with Gasteiger partial charge >= 0.3 is 0 Å². The summed E-state index contributed by atoms with van der Waals surface area (Å²) < 4.78 is 26.3. The molecule has 4 rings (SSSR count). The minimum absolute atomic E-state index is 0.0294. The summed E-state index contributed by atoms with van der Waals surface area (Å²) in [6, 6.07) is 15.6. The Morgan fingerprint density at radius 3 is 2.59 bits per heavy atom. The quantitative estimate of drug-likeness (QED) is 0.503. The lowest BCUT2D eigenvalue weighted by Crippen LogP contribution is -2.18. The van der Waals surface area contributed by atoms with Gasteiger partial charge in [0.25, 0.3) is 0 Å². The fraction of sp³-hybridized carbons (Fsp3) is 0.100. The van der Waals surface area contributed by atoms with Gasteiger partial charge in [0.15, 0.2) is 5.82 Å². The van der Waals surface area contributed by atoms with Crippen LogP contribution in [0.15, 0.2) is 70.7 Å². The summed E-state index contributed by atoms with van der Waals surface area (Å²) in [6.07, 6.45) is 1.34. The zero-order valence-corrected chi connectivity index (χ0v) is 17.1. The van der Waals surface area contributed by atoms with Crippen LogP contribution in [0, 0.1) is 0 Å². The summed E-state index contributed by atoms with van der Waals surface area (Å²) in [5.74, 6) is 0.568. The van der Waals surface area contributed by atoms with Gasteiger partial charge < -0.3 is 15.6 Å². The second-order valence-electron chi connectivity index (χ2n) is 6.59. The molecular formula is C20H18ClN5O2S. The van der Waals surface area contributed by atoms with Gasteiger partial charge in [-0.05, 0) is 29.8 Å². The molecular weight excluding hydrogens is 410 g/mol. The van der Waals surface area contributed by atoms with Crippen molar-refractivity contribution < 1.29 is 8.42 Å². The number of benzene rings is 2. The Morgan fingerprint density at radius 1 is 1.10 bits per heavy atom. The van der Waals surface area contributed by atoms with Crippen molar-refractivity contribution in [2.24, 2.45) is 0 Å². The van der Waals surface area contributed by atoms with Crippen molar-refractivity contribution in [2.45, 2.75) is 16.3 Å². The van der Waals surface area contributed by atoms with Crippen LogP contribution in [0.3, 0.4) is 0 Å². The molecule has 29 heavy (non-hydrogen) atoms. The Labute approximate surface area is 173 Å². The number of anilines is 2. The number of halogens is 1. The average Bonchev–Trinajstić information content (AvgIpc) is 3.05. The summed E-state index contributed by atoms with van der Waals surface area (Å²) in [7, 11) is -1.99. The molecule has 9 heteroatoms. The lowest BCUT2D eigenvalue weighted by molar-refractivity contribution is 0.597. The van der Waals surface area contributed by atoms with E-state index in [-0.39, 0.29) is 21.1 Å². The highest BCUT2D eigenvalue weighted by Crippen LogP contribution is 2.35. The van der Waals surface area contributed by atoms with Gasteiger partial charge in [0.1, 0.15) is 28.1 Å². The Balaban J connectivity index is 1.80. The van der Waals surface area contributed by atoms with Gasteiger partial charge in [-0.15, -0.1) is 0 Å². The van der Waals surface area contributed by atoms with Gasteiger partial charge in [-0.2, -0.15) is 0 Å². The lowest BCUT2D eigenvalue weighted by Gasteiger charge is -2.18. The van der Waals surface area contributed by atoms with Crippen molar-refractivity contribution in [3.8, 4) is 0 Å². The maximum Gasteiger partial charge on any atom is 0.212 e. The first-order valence-electron chi connectivity index (χ1n) is 8.76. The van der Waals surface area contributed by atoms with Gasteiger partial charge in [0.05, 0.1) is 4.90 Å². The summed E-state index contributed by atoms with van der Waals surface area (Å²) in [5, 5.41) is 0.643. The molecule has 2 aromatic carbocycles. The molecule has 3 N–H and O–H groups in total. The summed E-state index contributed by atoms with van der Waals surface area (Å²) in [5.41, 5.74) is 7.79. The monoisotopic (exact) mass is 427 g/mol. The van der Waals surface area contributed by atoms with Crippen molar-refractivity contribution in [2.75, 3.05) is 17.7 Å². The Morgan fingerprint density at radius 2 is 1.86 bits per heavy atom. The lowest BCUT2D eigenvalue weighted by atomic mass is 10.2. The molecule has 0 aliphatic rings. The first-order valence-corrected chi connectivity index (χ1v) is 10.6. The molecule has 2 aromatic heterocycles. The first-order chi connectivity index (χ1) is 13.9. The van der Waals surface area contributed by atoms with E-state index < -0.39 is 9.84 Å². The van der Waals surface area contributed by atoms with Gasteiger partial charge in [-0.25, -0.2) is 18.4 Å². The molecule has 4 aromatic rings. The molecule has 0 bridgehead atoms. The van der Waals surface area contributed by atoms with E-state index in [0.29, 0.717) is 22.9 Å². The maximum atomic E-state index is 13.2. The smallest absolute Gasteiger partial charge is 0.212 e. The number of nitrogens with two attached hydrogens (primary N) is 1. The minimum atomic E-state index is -3.84. The van der Waals surface area contributed by atoms with Crippen LogP contribution >= 0.6 is 11.6 Å². The molecule has 7 nitrogen and oxygen atoms in total. The standard InChI is InChI=1S/C20H18ClN5O2S/c1-26(11-13-6-5-7-14(21)10-13)20-17-16(23-12-24-20)18(19(22)25-17)29(27,28)15-8-3-2-4-9-15/h2-10,12,25H,11,22H2,1H3. The van der Waals surface area contributed by atoms with E-state index >= 15 is 0 Å². The van der Waals surface area contributed by atoms with Crippen LogP contribution in [0.4, 0.5) is 11.6 Å². The normalized spacial score (nSPS) is 11.7.